The molecule has 0 aliphatic heterocycles. The van der Waals surface area contributed by atoms with Gasteiger partial charge in [-0.15, -0.1) is 0 Å². The van der Waals surface area contributed by atoms with Crippen molar-refractivity contribution in [2.24, 2.45) is 0 Å². The average Bonchev–Trinajstić information content (AvgIpc) is 2.46. The van der Waals surface area contributed by atoms with Gasteiger partial charge in [-0.3, -0.25) is 4.89 Å². The molecule has 97 valence electrons. The van der Waals surface area contributed by atoms with E-state index in [-0.39, 0.29) is 0 Å². The molecule has 0 N–H and O–H groups in total. The summed E-state index contributed by atoms with van der Waals surface area (Å²) in [4.78, 5) is 21.2. The Bertz CT molecular complexity index is 547. The van der Waals surface area contributed by atoms with Crippen molar-refractivity contribution in [2.75, 3.05) is 0 Å². The van der Waals surface area contributed by atoms with E-state index in [4.69, 9.17) is 9.78 Å². The Morgan fingerprint density at radius 1 is 0.842 bits per heavy atom. The number of hydrogen-bond acceptors (Lipinski definition) is 3. The van der Waals surface area contributed by atoms with Crippen LogP contribution in [0.1, 0.15) is 24.2 Å². The molecule has 0 saturated carbocycles. The summed E-state index contributed by atoms with van der Waals surface area (Å²) in [6.45, 7) is 3.43. The van der Waals surface area contributed by atoms with Crippen molar-refractivity contribution in [3.8, 4) is 11.1 Å². The molecule has 3 nitrogen and oxygen atoms in total. The summed E-state index contributed by atoms with van der Waals surface area (Å²) in [7, 11) is 0. The van der Waals surface area contributed by atoms with Crippen LogP contribution in [-0.2, 0) is 9.78 Å². The fourth-order valence-corrected chi connectivity index (χ4v) is 1.63. The molecule has 3 heteroatoms. The molecule has 2 aromatic rings. The van der Waals surface area contributed by atoms with Gasteiger partial charge in [0.2, 0.25) is 0 Å². The summed E-state index contributed by atoms with van der Waals surface area (Å²) in [6, 6.07) is 17.1. The first-order chi connectivity index (χ1) is 9.16. The molecule has 0 aliphatic carbocycles. The van der Waals surface area contributed by atoms with Gasteiger partial charge in [0.1, 0.15) is 6.10 Å². The molecule has 0 saturated heterocycles. The molecule has 0 aliphatic rings. The van der Waals surface area contributed by atoms with Gasteiger partial charge in [-0.25, -0.2) is 4.79 Å². The van der Waals surface area contributed by atoms with E-state index in [1.165, 1.54) is 0 Å². The molecule has 0 atom stereocenters. The first-order valence-corrected chi connectivity index (χ1v) is 6.01. The summed E-state index contributed by atoms with van der Waals surface area (Å²) in [5, 5.41) is 0. The molecule has 0 bridgehead atoms. The molecule has 0 unspecified atom stereocenters. The van der Waals surface area contributed by atoms with Gasteiger partial charge in [-0.05, 0) is 37.1 Å². The molecule has 0 fully saturated rings. The van der Waals surface area contributed by atoms with Crippen LogP contribution < -0.4 is 0 Å². The molecule has 0 spiro atoms. The van der Waals surface area contributed by atoms with Gasteiger partial charge in [0.25, 0.3) is 0 Å². The van der Waals surface area contributed by atoms with Crippen molar-refractivity contribution >= 4 is 5.97 Å². The lowest BCUT2D eigenvalue weighted by Crippen LogP contribution is -2.07. The molecular weight excluding hydrogens is 240 g/mol. The highest BCUT2D eigenvalue weighted by molar-refractivity contribution is 5.90. The van der Waals surface area contributed by atoms with Crippen molar-refractivity contribution < 1.29 is 14.6 Å². The normalized spacial score (nSPS) is 10.5. The molecule has 19 heavy (non-hydrogen) atoms. The van der Waals surface area contributed by atoms with Gasteiger partial charge in [0.15, 0.2) is 0 Å². The topological polar surface area (TPSA) is 35.5 Å². The van der Waals surface area contributed by atoms with Crippen LogP contribution in [0.15, 0.2) is 54.6 Å². The van der Waals surface area contributed by atoms with Gasteiger partial charge >= 0.3 is 5.97 Å². The highest BCUT2D eigenvalue weighted by Crippen LogP contribution is 2.20. The van der Waals surface area contributed by atoms with E-state index >= 15 is 0 Å². The van der Waals surface area contributed by atoms with Crippen molar-refractivity contribution in [2.45, 2.75) is 13.8 Å². The minimum Gasteiger partial charge on any atom is -0.292 e. The molecule has 0 amide bonds. The number of benzene rings is 2. The van der Waals surface area contributed by atoms with Crippen molar-refractivity contribution in [1.82, 2.24) is 0 Å². The van der Waals surface area contributed by atoms with Crippen LogP contribution in [0.5, 0.6) is 0 Å². The third-order valence-electron chi connectivity index (χ3n) is 2.49. The second-order valence-corrected chi connectivity index (χ2v) is 4.31. The second-order valence-electron chi connectivity index (χ2n) is 4.31. The lowest BCUT2D eigenvalue weighted by molar-refractivity contribution is -0.229. The smallest absolute Gasteiger partial charge is 0.292 e. The third-order valence-corrected chi connectivity index (χ3v) is 2.49. The largest absolute Gasteiger partial charge is 0.373 e. The van der Waals surface area contributed by atoms with Crippen molar-refractivity contribution in [3.05, 3.63) is 66.3 Å². The highest BCUT2D eigenvalue weighted by atomic mass is 17.2. The van der Waals surface area contributed by atoms with E-state index in [9.17, 15) is 4.79 Å². The van der Waals surface area contributed by atoms with Crippen LogP contribution in [0, 0.1) is 6.10 Å². The van der Waals surface area contributed by atoms with Crippen LogP contribution in [-0.4, -0.2) is 5.97 Å². The molecule has 2 rings (SSSR count). The fraction of sp³-hybridized carbons (Fsp3) is 0.125. The Morgan fingerprint density at radius 3 is 2.21 bits per heavy atom. The average molecular weight is 255 g/mol. The van der Waals surface area contributed by atoms with Gasteiger partial charge < -0.3 is 0 Å². The minimum absolute atomic E-state index is 0.461. The summed E-state index contributed by atoms with van der Waals surface area (Å²) in [5.74, 6) is -0.501. The SMILES string of the molecule is C[C](C)OOC(=O)c1cccc(-c2ccccc2)c1. The third kappa shape index (κ3) is 3.66. The zero-order valence-electron chi connectivity index (χ0n) is 10.9. The molecule has 2 aromatic carbocycles. The van der Waals surface area contributed by atoms with E-state index in [2.05, 4.69) is 0 Å². The van der Waals surface area contributed by atoms with E-state index in [0.717, 1.165) is 11.1 Å². The molecule has 0 heterocycles. The summed E-state index contributed by atoms with van der Waals surface area (Å²) in [5.41, 5.74) is 2.48. The number of carbonyl (C=O) groups excluding carboxylic acids is 1. The van der Waals surface area contributed by atoms with Crippen LogP contribution in [0.25, 0.3) is 11.1 Å². The zero-order chi connectivity index (χ0) is 13.7. The maximum absolute atomic E-state index is 11.8. The summed E-state index contributed by atoms with van der Waals surface area (Å²) < 4.78 is 0. The molecule has 0 aromatic heterocycles. The molecule has 1 radical (unpaired) electrons. The Morgan fingerprint density at radius 2 is 1.53 bits per heavy atom. The Hall–Kier alpha value is -2.13. The number of carbonyl (C=O) groups is 1. The van der Waals surface area contributed by atoms with Gasteiger partial charge in [0, 0.05) is 0 Å². The van der Waals surface area contributed by atoms with Crippen molar-refractivity contribution in [3.63, 3.8) is 0 Å². The van der Waals surface area contributed by atoms with Gasteiger partial charge in [-0.2, -0.15) is 4.89 Å². The van der Waals surface area contributed by atoms with Gasteiger partial charge in [0.05, 0.1) is 5.56 Å². The summed E-state index contributed by atoms with van der Waals surface area (Å²) >= 11 is 0. The Balaban J connectivity index is 2.18. The lowest BCUT2D eigenvalue weighted by atomic mass is 10.0. The maximum Gasteiger partial charge on any atom is 0.373 e. The van der Waals surface area contributed by atoms with Crippen molar-refractivity contribution in [1.29, 1.82) is 0 Å². The molecular formula is C16H15O3. The minimum atomic E-state index is -0.501. The van der Waals surface area contributed by atoms with E-state index in [1.807, 2.05) is 42.5 Å². The zero-order valence-corrected chi connectivity index (χ0v) is 10.9. The van der Waals surface area contributed by atoms with E-state index in [0.29, 0.717) is 11.7 Å². The summed E-state index contributed by atoms with van der Waals surface area (Å²) in [6.07, 6.45) is 0.576. The quantitative estimate of drug-likeness (QED) is 0.611. The highest BCUT2D eigenvalue weighted by Gasteiger charge is 2.10. The first kappa shape index (κ1) is 13.3. The first-order valence-electron chi connectivity index (χ1n) is 6.01. The number of rotatable bonds is 4. The lowest BCUT2D eigenvalue weighted by Gasteiger charge is -2.07. The Labute approximate surface area is 112 Å². The van der Waals surface area contributed by atoms with Crippen LogP contribution in [0.4, 0.5) is 0 Å². The number of hydrogen-bond donors (Lipinski definition) is 0. The van der Waals surface area contributed by atoms with Crippen LogP contribution >= 0.6 is 0 Å². The van der Waals surface area contributed by atoms with E-state index < -0.39 is 5.97 Å². The second kappa shape index (κ2) is 6.16. The Kier molecular flexibility index (Phi) is 4.31. The predicted molar refractivity (Wildman–Crippen MR) is 73.0 cm³/mol. The van der Waals surface area contributed by atoms with Crippen LogP contribution in [0.3, 0.4) is 0 Å². The standard InChI is InChI=1S/C16H15O3/c1-12(2)18-19-16(17)15-10-6-9-14(11-15)13-7-4-3-5-8-13/h3-11H,1-2H3. The van der Waals surface area contributed by atoms with Gasteiger partial charge in [-0.1, -0.05) is 42.5 Å². The van der Waals surface area contributed by atoms with Crippen LogP contribution in [0.2, 0.25) is 0 Å². The predicted octanol–water partition coefficient (Wildman–Crippen LogP) is 4.01. The maximum atomic E-state index is 11.8. The van der Waals surface area contributed by atoms with E-state index in [1.54, 1.807) is 26.0 Å². The fourth-order valence-electron chi connectivity index (χ4n) is 1.63. The monoisotopic (exact) mass is 255 g/mol.